The summed E-state index contributed by atoms with van der Waals surface area (Å²) in [6.07, 6.45) is 1.82. The number of hydrogen-bond acceptors (Lipinski definition) is 3. The number of aromatic nitrogens is 1. The first-order chi connectivity index (χ1) is 12.1. The molecule has 1 unspecified atom stereocenters. The van der Waals surface area contributed by atoms with Crippen LogP contribution in [0.2, 0.25) is 10.0 Å². The van der Waals surface area contributed by atoms with Crippen molar-refractivity contribution in [2.45, 2.75) is 16.6 Å². The summed E-state index contributed by atoms with van der Waals surface area (Å²) >= 11 is 13.4. The van der Waals surface area contributed by atoms with Crippen molar-refractivity contribution in [3.8, 4) is 0 Å². The number of Topliss-reactive ketones (excluding diaryl/α,β-unsaturated/α-hetero) is 1. The van der Waals surface area contributed by atoms with Gasteiger partial charge < -0.3 is 0 Å². The van der Waals surface area contributed by atoms with Crippen LogP contribution in [0.3, 0.4) is 0 Å². The molecular formula is C20H15Cl2NOS. The zero-order valence-electron chi connectivity index (χ0n) is 13.2. The maximum Gasteiger partial charge on any atom is 0.156 e. The molecule has 25 heavy (non-hydrogen) atoms. The number of carbonyl (C=O) groups is 1. The molecule has 5 heteroatoms. The molecule has 3 rings (SSSR count). The normalized spacial score (nSPS) is 11.9. The van der Waals surface area contributed by atoms with Gasteiger partial charge >= 0.3 is 0 Å². The van der Waals surface area contributed by atoms with Crippen molar-refractivity contribution in [2.75, 3.05) is 0 Å². The molecule has 1 aromatic heterocycles. The molecule has 0 radical (unpaired) electrons. The van der Waals surface area contributed by atoms with E-state index in [0.29, 0.717) is 15.7 Å². The molecule has 2 aromatic carbocycles. The van der Waals surface area contributed by atoms with E-state index in [0.717, 1.165) is 10.5 Å². The highest BCUT2D eigenvalue weighted by atomic mass is 35.5. The smallest absolute Gasteiger partial charge is 0.156 e. The minimum Gasteiger partial charge on any atom is -0.298 e. The second-order valence-electron chi connectivity index (χ2n) is 5.48. The molecule has 0 N–H and O–H groups in total. The summed E-state index contributed by atoms with van der Waals surface area (Å²) < 4.78 is 0. The number of benzene rings is 2. The maximum absolute atomic E-state index is 13.0. The topological polar surface area (TPSA) is 30.0 Å². The summed E-state index contributed by atoms with van der Waals surface area (Å²) in [4.78, 5) is 18.2. The molecule has 0 amide bonds. The molecule has 0 saturated carbocycles. The summed E-state index contributed by atoms with van der Waals surface area (Å²) in [7, 11) is 0. The van der Waals surface area contributed by atoms with Crippen molar-refractivity contribution < 1.29 is 4.79 Å². The number of carbonyl (C=O) groups excluding carboxylic acids is 1. The Morgan fingerprint density at radius 3 is 2.44 bits per heavy atom. The van der Waals surface area contributed by atoms with Crippen LogP contribution in [0.25, 0.3) is 0 Å². The number of nitrogens with zero attached hydrogens (tertiary/aromatic N) is 1. The fourth-order valence-corrected chi connectivity index (χ4v) is 3.91. The van der Waals surface area contributed by atoms with Gasteiger partial charge in [-0.15, -0.1) is 11.8 Å². The molecule has 126 valence electrons. The Kier molecular flexibility index (Phi) is 6.14. The van der Waals surface area contributed by atoms with Crippen molar-refractivity contribution in [1.82, 2.24) is 4.98 Å². The van der Waals surface area contributed by atoms with Gasteiger partial charge in [0.1, 0.15) is 0 Å². The van der Waals surface area contributed by atoms with E-state index in [1.54, 1.807) is 18.3 Å². The van der Waals surface area contributed by atoms with Gasteiger partial charge in [0.05, 0.1) is 16.7 Å². The minimum atomic E-state index is -0.322. The van der Waals surface area contributed by atoms with Gasteiger partial charge in [0.25, 0.3) is 0 Å². The Hall–Kier alpha value is -1.81. The van der Waals surface area contributed by atoms with Crippen molar-refractivity contribution in [1.29, 1.82) is 0 Å². The molecule has 3 aromatic rings. The van der Waals surface area contributed by atoms with Gasteiger partial charge in [0.2, 0.25) is 0 Å². The fourth-order valence-electron chi connectivity index (χ4n) is 2.41. The van der Waals surface area contributed by atoms with Crippen LogP contribution in [0.5, 0.6) is 0 Å². The Morgan fingerprint density at radius 1 is 0.960 bits per heavy atom. The molecule has 0 fully saturated rings. The van der Waals surface area contributed by atoms with Gasteiger partial charge in [-0.2, -0.15) is 0 Å². The third-order valence-electron chi connectivity index (χ3n) is 3.59. The summed E-state index contributed by atoms with van der Waals surface area (Å²) in [5, 5.41) is 0.893. The lowest BCUT2D eigenvalue weighted by atomic mass is 10.0. The van der Waals surface area contributed by atoms with Crippen LogP contribution in [0.15, 0.2) is 77.8 Å². The number of rotatable bonds is 6. The summed E-state index contributed by atoms with van der Waals surface area (Å²) in [6, 6.07) is 20.8. The lowest BCUT2D eigenvalue weighted by Crippen LogP contribution is -2.13. The molecule has 1 heterocycles. The number of thioether (sulfide) groups is 1. The number of hydrogen-bond donors (Lipinski definition) is 0. The lowest BCUT2D eigenvalue weighted by Gasteiger charge is -2.16. The van der Waals surface area contributed by atoms with E-state index in [1.807, 2.05) is 54.6 Å². The maximum atomic E-state index is 13.0. The second-order valence-corrected chi connectivity index (χ2v) is 7.53. The van der Waals surface area contributed by atoms with Gasteiger partial charge in [-0.05, 0) is 35.9 Å². The largest absolute Gasteiger partial charge is 0.298 e. The predicted molar refractivity (Wildman–Crippen MR) is 104 cm³/mol. The molecule has 2 nitrogen and oxygen atoms in total. The Morgan fingerprint density at radius 2 is 1.76 bits per heavy atom. The standard InChI is InChI=1S/C20H15Cl2NOS/c21-15-7-4-8-18(11-15)25-20(14-5-2-1-3-6-14)19(24)12-17-10-9-16(22)13-23-17/h1-11,13,20H,12H2. The Balaban J connectivity index is 1.85. The van der Waals surface area contributed by atoms with E-state index in [1.165, 1.54) is 11.8 Å². The number of ketones is 1. The highest BCUT2D eigenvalue weighted by molar-refractivity contribution is 8.00. The third kappa shape index (κ3) is 5.08. The van der Waals surface area contributed by atoms with Crippen LogP contribution in [0, 0.1) is 0 Å². The fraction of sp³-hybridized carbons (Fsp3) is 0.100. The molecule has 0 saturated heterocycles. The summed E-state index contributed by atoms with van der Waals surface area (Å²) in [6.45, 7) is 0. The molecule has 1 atom stereocenters. The van der Waals surface area contributed by atoms with Gasteiger partial charge in [0, 0.05) is 21.8 Å². The van der Waals surface area contributed by atoms with E-state index < -0.39 is 0 Å². The molecule has 0 spiro atoms. The average Bonchev–Trinajstić information content (AvgIpc) is 2.62. The highest BCUT2D eigenvalue weighted by Crippen LogP contribution is 2.37. The van der Waals surface area contributed by atoms with Crippen LogP contribution < -0.4 is 0 Å². The zero-order valence-corrected chi connectivity index (χ0v) is 15.6. The summed E-state index contributed by atoms with van der Waals surface area (Å²) in [5.41, 5.74) is 1.67. The first-order valence-electron chi connectivity index (χ1n) is 7.72. The van der Waals surface area contributed by atoms with Gasteiger partial charge in [-0.25, -0.2) is 0 Å². The number of pyridine rings is 1. The Labute approximate surface area is 161 Å². The number of halogens is 2. The second kappa shape index (κ2) is 8.52. The van der Waals surface area contributed by atoms with E-state index in [9.17, 15) is 4.79 Å². The van der Waals surface area contributed by atoms with E-state index in [-0.39, 0.29) is 17.5 Å². The molecule has 0 bridgehead atoms. The molecule has 0 aliphatic rings. The molecule has 0 aliphatic heterocycles. The quantitative estimate of drug-likeness (QED) is 0.483. The van der Waals surface area contributed by atoms with Crippen molar-refractivity contribution in [3.63, 3.8) is 0 Å². The summed E-state index contributed by atoms with van der Waals surface area (Å²) in [5.74, 6) is 0.0889. The van der Waals surface area contributed by atoms with E-state index >= 15 is 0 Å². The molecular weight excluding hydrogens is 373 g/mol. The lowest BCUT2D eigenvalue weighted by molar-refractivity contribution is -0.118. The van der Waals surface area contributed by atoms with Gasteiger partial charge in [-0.3, -0.25) is 9.78 Å². The highest BCUT2D eigenvalue weighted by Gasteiger charge is 2.22. The molecule has 0 aliphatic carbocycles. The van der Waals surface area contributed by atoms with Crippen LogP contribution in [-0.2, 0) is 11.2 Å². The van der Waals surface area contributed by atoms with Crippen molar-refractivity contribution >= 4 is 40.7 Å². The first-order valence-corrected chi connectivity index (χ1v) is 9.36. The predicted octanol–water partition coefficient (Wildman–Crippen LogP) is 6.03. The van der Waals surface area contributed by atoms with Crippen molar-refractivity contribution in [2.24, 2.45) is 0 Å². The van der Waals surface area contributed by atoms with Crippen LogP contribution in [0.4, 0.5) is 0 Å². The van der Waals surface area contributed by atoms with Crippen LogP contribution in [0.1, 0.15) is 16.5 Å². The average molecular weight is 388 g/mol. The van der Waals surface area contributed by atoms with Gasteiger partial charge in [0.15, 0.2) is 5.78 Å². The van der Waals surface area contributed by atoms with Gasteiger partial charge in [-0.1, -0.05) is 59.6 Å². The van der Waals surface area contributed by atoms with Crippen LogP contribution in [-0.4, -0.2) is 10.8 Å². The van der Waals surface area contributed by atoms with E-state index in [4.69, 9.17) is 23.2 Å². The monoisotopic (exact) mass is 387 g/mol. The first kappa shape index (κ1) is 18.0. The van der Waals surface area contributed by atoms with E-state index in [2.05, 4.69) is 4.98 Å². The minimum absolute atomic E-state index is 0.0889. The zero-order chi connectivity index (χ0) is 17.6. The van der Waals surface area contributed by atoms with Crippen molar-refractivity contribution in [3.05, 3.63) is 94.2 Å². The SMILES string of the molecule is O=C(Cc1ccc(Cl)cn1)C(Sc1cccc(Cl)c1)c1ccccc1. The van der Waals surface area contributed by atoms with Crippen LogP contribution >= 0.6 is 35.0 Å². The Bertz CT molecular complexity index is 853. The third-order valence-corrected chi connectivity index (χ3v) is 5.34.